The van der Waals surface area contributed by atoms with Gasteiger partial charge in [0.25, 0.3) is 0 Å². The van der Waals surface area contributed by atoms with Crippen LogP contribution in [0.1, 0.15) is 5.69 Å². The minimum atomic E-state index is 0.473. The highest BCUT2D eigenvalue weighted by Crippen LogP contribution is 1.98. The average molecular weight is 160 g/mol. The van der Waals surface area contributed by atoms with Crippen molar-refractivity contribution in [2.24, 2.45) is 0 Å². The molecule has 0 aliphatic heterocycles. The number of halogens is 1. The third-order valence-corrected chi connectivity index (χ3v) is 1.50. The average Bonchev–Trinajstić information content (AvgIpc) is 2.34. The molecule has 0 aliphatic rings. The van der Waals surface area contributed by atoms with Crippen molar-refractivity contribution in [2.75, 3.05) is 19.1 Å². The summed E-state index contributed by atoms with van der Waals surface area (Å²) < 4.78 is 1.87. The SMILES string of the molecule is CN(C)n1cnc(CCl)c1. The molecular weight excluding hydrogens is 150 g/mol. The summed E-state index contributed by atoms with van der Waals surface area (Å²) >= 11 is 5.55. The Labute approximate surface area is 65.2 Å². The van der Waals surface area contributed by atoms with Crippen LogP contribution in [0.4, 0.5) is 0 Å². The van der Waals surface area contributed by atoms with Gasteiger partial charge in [-0.2, -0.15) is 0 Å². The molecule has 0 N–H and O–H groups in total. The predicted octanol–water partition coefficient (Wildman–Crippen LogP) is 0.819. The number of nitrogens with zero attached hydrogens (tertiary/aromatic N) is 3. The molecule has 0 spiro atoms. The van der Waals surface area contributed by atoms with Gasteiger partial charge in [0.2, 0.25) is 0 Å². The molecule has 0 saturated heterocycles. The normalized spacial score (nSPS) is 9.90. The Hall–Kier alpha value is -0.700. The van der Waals surface area contributed by atoms with Gasteiger partial charge in [0.15, 0.2) is 0 Å². The molecule has 0 fully saturated rings. The molecule has 0 saturated carbocycles. The molecular formula is C6H10ClN3. The standard InChI is InChI=1S/C6H10ClN3/c1-9(2)10-4-6(3-7)8-5-10/h4-5H,3H2,1-2H3. The second-order valence-corrected chi connectivity index (χ2v) is 2.49. The first kappa shape index (κ1) is 7.41. The second-order valence-electron chi connectivity index (χ2n) is 2.23. The third-order valence-electron chi connectivity index (χ3n) is 1.22. The fraction of sp³-hybridized carbons (Fsp3) is 0.500. The zero-order valence-corrected chi connectivity index (χ0v) is 6.84. The number of rotatable bonds is 2. The largest absolute Gasteiger partial charge is 0.318 e. The van der Waals surface area contributed by atoms with E-state index in [1.165, 1.54) is 0 Å². The van der Waals surface area contributed by atoms with E-state index in [1.54, 1.807) is 6.33 Å². The zero-order chi connectivity index (χ0) is 7.56. The van der Waals surface area contributed by atoms with Crippen LogP contribution in [0, 0.1) is 0 Å². The monoisotopic (exact) mass is 159 g/mol. The summed E-state index contributed by atoms with van der Waals surface area (Å²) in [6, 6.07) is 0. The number of hydrogen-bond donors (Lipinski definition) is 0. The number of aromatic nitrogens is 2. The lowest BCUT2D eigenvalue weighted by molar-refractivity contribution is 0.729. The molecule has 3 nitrogen and oxygen atoms in total. The fourth-order valence-electron chi connectivity index (χ4n) is 0.640. The number of hydrogen-bond acceptors (Lipinski definition) is 2. The van der Waals surface area contributed by atoms with E-state index in [1.807, 2.05) is 30.0 Å². The maximum absolute atomic E-state index is 5.55. The lowest BCUT2D eigenvalue weighted by Crippen LogP contribution is -2.22. The highest BCUT2D eigenvalue weighted by Gasteiger charge is 1.95. The lowest BCUT2D eigenvalue weighted by Gasteiger charge is -2.11. The van der Waals surface area contributed by atoms with Crippen LogP contribution in [0.15, 0.2) is 12.5 Å². The van der Waals surface area contributed by atoms with Crippen LogP contribution in [-0.4, -0.2) is 23.8 Å². The Kier molecular flexibility index (Phi) is 2.17. The molecule has 0 atom stereocenters. The van der Waals surface area contributed by atoms with E-state index in [9.17, 15) is 0 Å². The fourth-order valence-corrected chi connectivity index (χ4v) is 0.778. The maximum atomic E-state index is 5.55. The van der Waals surface area contributed by atoms with Gasteiger partial charge in [-0.15, -0.1) is 11.6 Å². The van der Waals surface area contributed by atoms with Crippen LogP contribution in [0.3, 0.4) is 0 Å². The van der Waals surface area contributed by atoms with E-state index >= 15 is 0 Å². The number of imidazole rings is 1. The molecule has 56 valence electrons. The third kappa shape index (κ3) is 1.42. The minimum absolute atomic E-state index is 0.473. The van der Waals surface area contributed by atoms with Crippen LogP contribution in [0.5, 0.6) is 0 Å². The van der Waals surface area contributed by atoms with Crippen molar-refractivity contribution in [3.05, 3.63) is 18.2 Å². The van der Waals surface area contributed by atoms with Crippen molar-refractivity contribution in [1.29, 1.82) is 0 Å². The molecule has 1 aromatic rings. The lowest BCUT2D eigenvalue weighted by atomic mass is 10.6. The van der Waals surface area contributed by atoms with E-state index in [0.717, 1.165) is 5.69 Å². The highest BCUT2D eigenvalue weighted by atomic mass is 35.5. The molecule has 1 aromatic heterocycles. The Balaban J connectivity index is 2.78. The Morgan fingerprint density at radius 3 is 2.70 bits per heavy atom. The van der Waals surface area contributed by atoms with Crippen molar-refractivity contribution in [2.45, 2.75) is 5.88 Å². The quantitative estimate of drug-likeness (QED) is 0.596. The van der Waals surface area contributed by atoms with Crippen molar-refractivity contribution in [3.8, 4) is 0 Å². The molecule has 0 bridgehead atoms. The summed E-state index contributed by atoms with van der Waals surface area (Å²) in [5.74, 6) is 0.473. The molecule has 4 heteroatoms. The van der Waals surface area contributed by atoms with E-state index in [-0.39, 0.29) is 0 Å². The highest BCUT2D eigenvalue weighted by molar-refractivity contribution is 6.16. The summed E-state index contributed by atoms with van der Waals surface area (Å²) in [5, 5.41) is 1.92. The van der Waals surface area contributed by atoms with Gasteiger partial charge < -0.3 is 5.01 Å². The van der Waals surface area contributed by atoms with E-state index < -0.39 is 0 Å². The first-order chi connectivity index (χ1) is 4.74. The first-order valence-electron chi connectivity index (χ1n) is 3.00. The Morgan fingerprint density at radius 1 is 1.70 bits per heavy atom. The molecule has 1 heterocycles. The van der Waals surface area contributed by atoms with Crippen LogP contribution in [-0.2, 0) is 5.88 Å². The minimum Gasteiger partial charge on any atom is -0.318 e. The summed E-state index contributed by atoms with van der Waals surface area (Å²) in [7, 11) is 3.89. The van der Waals surface area contributed by atoms with Gasteiger partial charge in [0.1, 0.15) is 6.33 Å². The summed E-state index contributed by atoms with van der Waals surface area (Å²) in [6.45, 7) is 0. The predicted molar refractivity (Wildman–Crippen MR) is 41.8 cm³/mol. The van der Waals surface area contributed by atoms with E-state index in [2.05, 4.69) is 4.98 Å². The van der Waals surface area contributed by atoms with Gasteiger partial charge >= 0.3 is 0 Å². The summed E-state index contributed by atoms with van der Waals surface area (Å²) in [5.41, 5.74) is 0.898. The second kappa shape index (κ2) is 2.92. The summed E-state index contributed by atoms with van der Waals surface area (Å²) in [6.07, 6.45) is 3.63. The molecule has 0 aromatic carbocycles. The van der Waals surface area contributed by atoms with Crippen molar-refractivity contribution in [1.82, 2.24) is 9.66 Å². The molecule has 1 rings (SSSR count). The molecule has 0 radical (unpaired) electrons. The van der Waals surface area contributed by atoms with Crippen LogP contribution < -0.4 is 5.01 Å². The van der Waals surface area contributed by atoms with Crippen molar-refractivity contribution < 1.29 is 0 Å². The molecule has 0 aliphatic carbocycles. The van der Waals surface area contributed by atoms with E-state index in [4.69, 9.17) is 11.6 Å². The van der Waals surface area contributed by atoms with Gasteiger partial charge in [-0.1, -0.05) is 0 Å². The van der Waals surface area contributed by atoms with E-state index in [0.29, 0.717) is 5.88 Å². The van der Waals surface area contributed by atoms with Gasteiger partial charge in [0.05, 0.1) is 17.8 Å². The van der Waals surface area contributed by atoms with Crippen LogP contribution in [0.25, 0.3) is 0 Å². The van der Waals surface area contributed by atoms with Gasteiger partial charge in [0, 0.05) is 14.1 Å². The maximum Gasteiger partial charge on any atom is 0.114 e. The topological polar surface area (TPSA) is 21.1 Å². The van der Waals surface area contributed by atoms with Gasteiger partial charge in [-0.25, -0.2) is 4.98 Å². The van der Waals surface area contributed by atoms with Crippen LogP contribution >= 0.6 is 11.6 Å². The molecule has 0 unspecified atom stereocenters. The molecule has 0 amide bonds. The Bertz CT molecular complexity index is 207. The van der Waals surface area contributed by atoms with Crippen molar-refractivity contribution in [3.63, 3.8) is 0 Å². The first-order valence-corrected chi connectivity index (χ1v) is 3.54. The smallest absolute Gasteiger partial charge is 0.114 e. The van der Waals surface area contributed by atoms with Gasteiger partial charge in [-0.05, 0) is 0 Å². The zero-order valence-electron chi connectivity index (χ0n) is 6.08. The van der Waals surface area contributed by atoms with Crippen LogP contribution in [0.2, 0.25) is 0 Å². The summed E-state index contributed by atoms with van der Waals surface area (Å²) in [4.78, 5) is 4.05. The Morgan fingerprint density at radius 2 is 2.40 bits per heavy atom. The number of alkyl halides is 1. The van der Waals surface area contributed by atoms with Gasteiger partial charge in [-0.3, -0.25) is 4.68 Å². The molecule has 10 heavy (non-hydrogen) atoms. The van der Waals surface area contributed by atoms with Crippen molar-refractivity contribution >= 4 is 11.6 Å².